The number of hydrogen-bond donors (Lipinski definition) is 1. The van der Waals surface area contributed by atoms with Crippen LogP contribution in [0.5, 0.6) is 5.75 Å². The van der Waals surface area contributed by atoms with Crippen molar-refractivity contribution in [3.63, 3.8) is 0 Å². The van der Waals surface area contributed by atoms with Gasteiger partial charge in [-0.3, -0.25) is 4.79 Å². The fraction of sp³-hybridized carbons (Fsp3) is 0.188. The summed E-state index contributed by atoms with van der Waals surface area (Å²) < 4.78 is 53.9. The van der Waals surface area contributed by atoms with Crippen molar-refractivity contribution in [3.8, 4) is 5.75 Å². The van der Waals surface area contributed by atoms with Crippen molar-refractivity contribution in [2.75, 3.05) is 5.32 Å². The highest BCUT2D eigenvalue weighted by atomic mass is 79.9. The molecule has 8 heteroatoms. The normalized spacial score (nSPS) is 12.5. The molecule has 0 aromatic heterocycles. The highest BCUT2D eigenvalue weighted by Crippen LogP contribution is 2.25. The number of anilines is 1. The summed E-state index contributed by atoms with van der Waals surface area (Å²) in [5.74, 6) is -1.39. The molecule has 0 spiro atoms. The second kappa shape index (κ2) is 7.65. The third kappa shape index (κ3) is 5.52. The van der Waals surface area contributed by atoms with Gasteiger partial charge in [0.1, 0.15) is 11.6 Å². The van der Waals surface area contributed by atoms with E-state index in [1.54, 1.807) is 12.1 Å². The second-order valence-corrected chi connectivity index (χ2v) is 5.93. The van der Waals surface area contributed by atoms with Gasteiger partial charge < -0.3 is 10.1 Å². The van der Waals surface area contributed by atoms with Gasteiger partial charge in [-0.25, -0.2) is 4.39 Å². The van der Waals surface area contributed by atoms with Crippen LogP contribution < -0.4 is 10.1 Å². The molecule has 0 aliphatic rings. The fourth-order valence-corrected chi connectivity index (χ4v) is 2.40. The minimum Gasteiger partial charge on any atom is -0.406 e. The number of ether oxygens (including phenoxy) is 1. The summed E-state index contributed by atoms with van der Waals surface area (Å²) in [6, 6.07) is 10.9. The molecule has 1 amide bonds. The zero-order valence-corrected chi connectivity index (χ0v) is 13.7. The molecule has 1 N–H and O–H groups in total. The van der Waals surface area contributed by atoms with E-state index >= 15 is 0 Å². The van der Waals surface area contributed by atoms with Gasteiger partial charge in [0.05, 0.1) is 4.83 Å². The molecule has 24 heavy (non-hydrogen) atoms. The zero-order chi connectivity index (χ0) is 17.7. The maximum absolute atomic E-state index is 13.6. The van der Waals surface area contributed by atoms with Crippen LogP contribution in [0.1, 0.15) is 5.56 Å². The predicted octanol–water partition coefficient (Wildman–Crippen LogP) is 4.67. The van der Waals surface area contributed by atoms with E-state index in [0.29, 0.717) is 5.56 Å². The largest absolute Gasteiger partial charge is 0.573 e. The lowest BCUT2D eigenvalue weighted by atomic mass is 10.1. The van der Waals surface area contributed by atoms with E-state index in [0.717, 1.165) is 12.1 Å². The quantitative estimate of drug-likeness (QED) is 0.579. The predicted molar refractivity (Wildman–Crippen MR) is 84.6 cm³/mol. The van der Waals surface area contributed by atoms with E-state index in [9.17, 15) is 22.4 Å². The summed E-state index contributed by atoms with van der Waals surface area (Å²) in [5.41, 5.74) is 0.489. The first-order valence-corrected chi connectivity index (χ1v) is 7.70. The molecule has 0 bridgehead atoms. The Kier molecular flexibility index (Phi) is 5.82. The van der Waals surface area contributed by atoms with Gasteiger partial charge in [0.2, 0.25) is 5.91 Å². The molecule has 2 aromatic rings. The van der Waals surface area contributed by atoms with E-state index in [4.69, 9.17) is 0 Å². The summed E-state index contributed by atoms with van der Waals surface area (Å²) in [6.07, 6.45) is -4.72. The smallest absolute Gasteiger partial charge is 0.406 e. The molecule has 2 aromatic carbocycles. The number of amides is 1. The van der Waals surface area contributed by atoms with Crippen molar-refractivity contribution < 1.29 is 27.1 Å². The van der Waals surface area contributed by atoms with Crippen LogP contribution in [0.4, 0.5) is 23.2 Å². The number of alkyl halides is 4. The highest BCUT2D eigenvalue weighted by Gasteiger charge is 2.31. The van der Waals surface area contributed by atoms with Crippen LogP contribution in [0.2, 0.25) is 0 Å². The average molecular weight is 406 g/mol. The van der Waals surface area contributed by atoms with Gasteiger partial charge in [0, 0.05) is 11.8 Å². The van der Waals surface area contributed by atoms with Crippen molar-refractivity contribution >= 4 is 27.5 Å². The Labute approximate surface area is 143 Å². The molecule has 2 rings (SSSR count). The molecule has 0 saturated carbocycles. The second-order valence-electron chi connectivity index (χ2n) is 4.83. The summed E-state index contributed by atoms with van der Waals surface area (Å²) in [6.45, 7) is 0. The molecule has 0 aliphatic carbocycles. The van der Waals surface area contributed by atoms with E-state index in [1.165, 1.54) is 24.3 Å². The van der Waals surface area contributed by atoms with E-state index in [1.807, 2.05) is 0 Å². The van der Waals surface area contributed by atoms with Crippen molar-refractivity contribution in [1.29, 1.82) is 0 Å². The monoisotopic (exact) mass is 405 g/mol. The fourth-order valence-electron chi connectivity index (χ4n) is 1.94. The van der Waals surface area contributed by atoms with Gasteiger partial charge >= 0.3 is 6.36 Å². The molecular weight excluding hydrogens is 394 g/mol. The first-order valence-electron chi connectivity index (χ1n) is 6.79. The molecule has 3 nitrogen and oxygen atoms in total. The van der Waals surface area contributed by atoms with E-state index in [2.05, 4.69) is 26.0 Å². The summed E-state index contributed by atoms with van der Waals surface area (Å²) in [5, 5.41) is 2.45. The molecule has 1 atom stereocenters. The van der Waals surface area contributed by atoms with Crippen molar-refractivity contribution in [2.45, 2.75) is 17.6 Å². The Morgan fingerprint density at radius 2 is 1.88 bits per heavy atom. The van der Waals surface area contributed by atoms with Crippen LogP contribution in [-0.4, -0.2) is 17.1 Å². The lowest BCUT2D eigenvalue weighted by Gasteiger charge is -2.13. The SMILES string of the molecule is O=C(Nc1cccc(OC(F)(F)F)c1)C(Br)Cc1ccccc1F. The maximum Gasteiger partial charge on any atom is 0.573 e. The standard InChI is InChI=1S/C16H12BrF4NO2/c17-13(8-10-4-1-2-7-14(10)18)15(23)22-11-5-3-6-12(9-11)24-16(19,20)21/h1-7,9,13H,8H2,(H,22,23). The Balaban J connectivity index is 2.01. The Bertz CT molecular complexity index is 721. The van der Waals surface area contributed by atoms with Crippen LogP contribution in [0.25, 0.3) is 0 Å². The number of nitrogens with one attached hydrogen (secondary N) is 1. The van der Waals surface area contributed by atoms with Crippen molar-refractivity contribution in [1.82, 2.24) is 0 Å². The molecule has 0 saturated heterocycles. The van der Waals surface area contributed by atoms with Gasteiger partial charge in [-0.05, 0) is 30.2 Å². The number of benzene rings is 2. The highest BCUT2D eigenvalue weighted by molar-refractivity contribution is 9.10. The van der Waals surface area contributed by atoms with E-state index < -0.39 is 28.7 Å². The number of halogens is 5. The van der Waals surface area contributed by atoms with E-state index in [-0.39, 0.29) is 12.1 Å². The van der Waals surface area contributed by atoms with Crippen LogP contribution in [0.15, 0.2) is 48.5 Å². The van der Waals surface area contributed by atoms with Gasteiger partial charge in [0.25, 0.3) is 0 Å². The summed E-state index contributed by atoms with van der Waals surface area (Å²) >= 11 is 3.15. The van der Waals surface area contributed by atoms with Crippen LogP contribution in [0, 0.1) is 5.82 Å². The number of carbonyl (C=O) groups excluding carboxylic acids is 1. The topological polar surface area (TPSA) is 38.3 Å². The minimum absolute atomic E-state index is 0.0945. The third-order valence-electron chi connectivity index (χ3n) is 2.98. The molecular formula is C16H12BrF4NO2. The summed E-state index contributed by atoms with van der Waals surface area (Å²) in [4.78, 5) is 11.3. The van der Waals surface area contributed by atoms with Gasteiger partial charge in [-0.1, -0.05) is 40.2 Å². The molecule has 0 fully saturated rings. The van der Waals surface area contributed by atoms with Crippen molar-refractivity contribution in [2.24, 2.45) is 0 Å². The van der Waals surface area contributed by atoms with Crippen molar-refractivity contribution in [3.05, 3.63) is 59.9 Å². The van der Waals surface area contributed by atoms with Gasteiger partial charge in [-0.2, -0.15) is 0 Å². The lowest BCUT2D eigenvalue weighted by molar-refractivity contribution is -0.274. The Morgan fingerprint density at radius 1 is 1.17 bits per heavy atom. The molecule has 0 radical (unpaired) electrons. The molecule has 1 unspecified atom stereocenters. The van der Waals surface area contributed by atoms with Crippen LogP contribution in [-0.2, 0) is 11.2 Å². The maximum atomic E-state index is 13.6. The first kappa shape index (κ1) is 18.3. The molecule has 128 valence electrons. The third-order valence-corrected chi connectivity index (χ3v) is 3.72. The number of rotatable bonds is 5. The molecule has 0 aliphatic heterocycles. The first-order chi connectivity index (χ1) is 11.2. The van der Waals surface area contributed by atoms with Crippen LogP contribution in [0.3, 0.4) is 0 Å². The number of carbonyl (C=O) groups is 1. The van der Waals surface area contributed by atoms with Gasteiger partial charge in [0.15, 0.2) is 0 Å². The van der Waals surface area contributed by atoms with Gasteiger partial charge in [-0.15, -0.1) is 13.2 Å². The van der Waals surface area contributed by atoms with Crippen LogP contribution >= 0.6 is 15.9 Å². The minimum atomic E-state index is -4.81. The molecule has 0 heterocycles. The zero-order valence-electron chi connectivity index (χ0n) is 12.1. The summed E-state index contributed by atoms with van der Waals surface area (Å²) in [7, 11) is 0. The Hall–Kier alpha value is -2.09. The average Bonchev–Trinajstić information content (AvgIpc) is 2.48. The Morgan fingerprint density at radius 3 is 2.54 bits per heavy atom. The lowest BCUT2D eigenvalue weighted by Crippen LogP contribution is -2.25. The number of hydrogen-bond acceptors (Lipinski definition) is 2.